The second kappa shape index (κ2) is 6.48. The Hall–Kier alpha value is -0.0900. The van der Waals surface area contributed by atoms with Gasteiger partial charge >= 0.3 is 0 Å². The van der Waals surface area contributed by atoms with E-state index < -0.39 is 0 Å². The monoisotopic (exact) mass is 246 g/mol. The van der Waals surface area contributed by atoms with E-state index in [0.29, 0.717) is 5.92 Å². The minimum Gasteiger partial charge on any atom is -0.271 e. The molecule has 1 aromatic heterocycles. The average Bonchev–Trinajstić information content (AvgIpc) is 2.67. The molecule has 0 bridgehead atoms. The first-order chi connectivity index (χ1) is 7.22. The molecule has 0 radical (unpaired) electrons. The Morgan fingerprint density at radius 2 is 2.13 bits per heavy atom. The minimum absolute atomic E-state index is 0.197. The van der Waals surface area contributed by atoms with Crippen LogP contribution in [0.4, 0.5) is 0 Å². The van der Waals surface area contributed by atoms with Crippen LogP contribution in [0.1, 0.15) is 44.0 Å². The maximum Gasteiger partial charge on any atom is 0.0570 e. The lowest BCUT2D eigenvalue weighted by molar-refractivity contribution is 0.378. The second-order valence-electron chi connectivity index (χ2n) is 3.77. The number of nitrogens with one attached hydrogen (secondary N) is 1. The fourth-order valence-electron chi connectivity index (χ4n) is 1.76. The topological polar surface area (TPSA) is 38.0 Å². The highest BCUT2D eigenvalue weighted by Gasteiger charge is 2.18. The molecule has 2 nitrogen and oxygen atoms in total. The predicted molar refractivity (Wildman–Crippen MR) is 68.1 cm³/mol. The van der Waals surface area contributed by atoms with Crippen molar-refractivity contribution in [3.8, 4) is 0 Å². The molecule has 0 amide bonds. The van der Waals surface area contributed by atoms with Gasteiger partial charge in [0.05, 0.1) is 11.1 Å². The summed E-state index contributed by atoms with van der Waals surface area (Å²) in [5.41, 5.74) is 2.87. The largest absolute Gasteiger partial charge is 0.271 e. The van der Waals surface area contributed by atoms with Crippen molar-refractivity contribution >= 4 is 22.9 Å². The molecule has 1 aromatic rings. The van der Waals surface area contributed by atoms with Gasteiger partial charge in [-0.2, -0.15) is 0 Å². The fraction of sp³-hybridized carbons (Fsp3) is 0.636. The van der Waals surface area contributed by atoms with Crippen molar-refractivity contribution < 1.29 is 0 Å². The fourth-order valence-corrected chi connectivity index (χ4v) is 3.02. The normalized spacial score (nSPS) is 13.4. The SMILES string of the molecule is CCC(CC)CC(NN)c1sccc1Cl. The highest BCUT2D eigenvalue weighted by Crippen LogP contribution is 2.33. The Labute approximate surface area is 101 Å². The molecule has 4 heteroatoms. The van der Waals surface area contributed by atoms with Crippen LogP contribution < -0.4 is 11.3 Å². The van der Waals surface area contributed by atoms with Gasteiger partial charge < -0.3 is 0 Å². The van der Waals surface area contributed by atoms with Crippen molar-refractivity contribution in [3.63, 3.8) is 0 Å². The number of halogens is 1. The van der Waals surface area contributed by atoms with Gasteiger partial charge in [0.1, 0.15) is 0 Å². The Morgan fingerprint density at radius 3 is 2.53 bits per heavy atom. The first-order valence-electron chi connectivity index (χ1n) is 5.41. The van der Waals surface area contributed by atoms with Crippen LogP contribution in [0.2, 0.25) is 5.02 Å². The lowest BCUT2D eigenvalue weighted by Crippen LogP contribution is -2.29. The van der Waals surface area contributed by atoms with E-state index >= 15 is 0 Å². The lowest BCUT2D eigenvalue weighted by atomic mass is 9.94. The molecule has 3 N–H and O–H groups in total. The maximum atomic E-state index is 6.10. The van der Waals surface area contributed by atoms with Gasteiger partial charge in [-0.15, -0.1) is 11.3 Å². The van der Waals surface area contributed by atoms with Crippen molar-refractivity contribution in [3.05, 3.63) is 21.3 Å². The summed E-state index contributed by atoms with van der Waals surface area (Å²) < 4.78 is 0. The van der Waals surface area contributed by atoms with Crippen molar-refractivity contribution in [2.75, 3.05) is 0 Å². The summed E-state index contributed by atoms with van der Waals surface area (Å²) in [5.74, 6) is 6.30. The quantitative estimate of drug-likeness (QED) is 0.593. The third-order valence-corrected chi connectivity index (χ3v) is 4.36. The molecule has 1 rings (SSSR count). The Balaban J connectivity index is 2.68. The molecular formula is C11H19ClN2S. The zero-order valence-corrected chi connectivity index (χ0v) is 10.9. The van der Waals surface area contributed by atoms with E-state index in [9.17, 15) is 0 Å². The summed E-state index contributed by atoms with van der Waals surface area (Å²) in [5, 5.41) is 2.84. The minimum atomic E-state index is 0.197. The summed E-state index contributed by atoms with van der Waals surface area (Å²) in [7, 11) is 0. The zero-order valence-electron chi connectivity index (χ0n) is 9.29. The van der Waals surface area contributed by atoms with E-state index in [1.54, 1.807) is 11.3 Å². The standard InChI is InChI=1S/C11H19ClN2S/c1-3-8(4-2)7-10(14-13)11-9(12)5-6-15-11/h5-6,8,10,14H,3-4,7,13H2,1-2H3. The summed E-state index contributed by atoms with van der Waals surface area (Å²) in [6, 6.07) is 2.13. The molecule has 0 aliphatic heterocycles. The molecule has 1 atom stereocenters. The first-order valence-corrected chi connectivity index (χ1v) is 6.67. The van der Waals surface area contributed by atoms with Gasteiger partial charge in [0.15, 0.2) is 0 Å². The highest BCUT2D eigenvalue weighted by atomic mass is 35.5. The molecule has 0 aromatic carbocycles. The number of nitrogens with two attached hydrogens (primary N) is 1. The molecule has 15 heavy (non-hydrogen) atoms. The van der Waals surface area contributed by atoms with Crippen LogP contribution in [0.25, 0.3) is 0 Å². The van der Waals surface area contributed by atoms with Gasteiger partial charge in [-0.3, -0.25) is 11.3 Å². The van der Waals surface area contributed by atoms with E-state index in [1.165, 1.54) is 12.8 Å². The molecule has 0 spiro atoms. The Morgan fingerprint density at radius 1 is 1.47 bits per heavy atom. The van der Waals surface area contributed by atoms with Gasteiger partial charge in [0.25, 0.3) is 0 Å². The maximum absolute atomic E-state index is 6.10. The molecule has 0 aliphatic rings. The number of hydrogen-bond acceptors (Lipinski definition) is 3. The number of hydrogen-bond donors (Lipinski definition) is 2. The van der Waals surface area contributed by atoms with Gasteiger partial charge in [-0.1, -0.05) is 38.3 Å². The van der Waals surface area contributed by atoms with Gasteiger partial charge in [-0.25, -0.2) is 0 Å². The zero-order chi connectivity index (χ0) is 11.3. The number of thiophene rings is 1. The molecular weight excluding hydrogens is 228 g/mol. The van der Waals surface area contributed by atoms with Crippen molar-refractivity contribution in [1.29, 1.82) is 0 Å². The first kappa shape index (κ1) is 13.0. The molecule has 0 saturated carbocycles. The van der Waals surface area contributed by atoms with Crippen LogP contribution in [0, 0.1) is 5.92 Å². The summed E-state index contributed by atoms with van der Waals surface area (Å²) in [4.78, 5) is 1.16. The van der Waals surface area contributed by atoms with Gasteiger partial charge in [-0.05, 0) is 23.8 Å². The number of hydrazine groups is 1. The van der Waals surface area contributed by atoms with Gasteiger partial charge in [0.2, 0.25) is 0 Å². The third kappa shape index (κ3) is 3.45. The Kier molecular flexibility index (Phi) is 5.61. The van der Waals surface area contributed by atoms with E-state index in [0.717, 1.165) is 16.3 Å². The Bertz CT molecular complexity index is 284. The summed E-state index contributed by atoms with van der Waals surface area (Å²) >= 11 is 7.77. The average molecular weight is 247 g/mol. The predicted octanol–water partition coefficient (Wildman–Crippen LogP) is 3.73. The van der Waals surface area contributed by atoms with Crippen LogP contribution in [-0.4, -0.2) is 0 Å². The van der Waals surface area contributed by atoms with Crippen LogP contribution in [0.5, 0.6) is 0 Å². The second-order valence-corrected chi connectivity index (χ2v) is 5.13. The van der Waals surface area contributed by atoms with Crippen molar-refractivity contribution in [2.45, 2.75) is 39.2 Å². The van der Waals surface area contributed by atoms with E-state index in [-0.39, 0.29) is 6.04 Å². The third-order valence-electron chi connectivity index (χ3n) is 2.89. The molecule has 86 valence electrons. The molecule has 0 aliphatic carbocycles. The van der Waals surface area contributed by atoms with Crippen molar-refractivity contribution in [1.82, 2.24) is 5.43 Å². The van der Waals surface area contributed by atoms with Crippen LogP contribution in [0.3, 0.4) is 0 Å². The van der Waals surface area contributed by atoms with E-state index in [4.69, 9.17) is 17.4 Å². The number of rotatable bonds is 6. The van der Waals surface area contributed by atoms with Crippen molar-refractivity contribution in [2.24, 2.45) is 11.8 Å². The van der Waals surface area contributed by atoms with Crippen LogP contribution >= 0.6 is 22.9 Å². The van der Waals surface area contributed by atoms with Crippen LogP contribution in [0.15, 0.2) is 11.4 Å². The highest BCUT2D eigenvalue weighted by molar-refractivity contribution is 7.10. The van der Waals surface area contributed by atoms with Gasteiger partial charge in [0, 0.05) is 4.88 Å². The molecule has 1 heterocycles. The van der Waals surface area contributed by atoms with E-state index in [2.05, 4.69) is 19.3 Å². The molecule has 0 fully saturated rings. The lowest BCUT2D eigenvalue weighted by Gasteiger charge is -2.20. The van der Waals surface area contributed by atoms with Crippen LogP contribution in [-0.2, 0) is 0 Å². The molecule has 0 saturated heterocycles. The smallest absolute Gasteiger partial charge is 0.0570 e. The summed E-state index contributed by atoms with van der Waals surface area (Å²) in [6.45, 7) is 4.44. The molecule has 1 unspecified atom stereocenters. The van der Waals surface area contributed by atoms with E-state index in [1.807, 2.05) is 11.4 Å². The summed E-state index contributed by atoms with van der Waals surface area (Å²) in [6.07, 6.45) is 3.44.